The molecule has 2 aliphatic rings. The van der Waals surface area contributed by atoms with Gasteiger partial charge >= 0.3 is 0 Å². The lowest BCUT2D eigenvalue weighted by atomic mass is 10.1. The second-order valence-corrected chi connectivity index (χ2v) is 7.07. The summed E-state index contributed by atoms with van der Waals surface area (Å²) in [6, 6.07) is 0.306. The molecule has 0 saturated heterocycles. The van der Waals surface area contributed by atoms with Crippen LogP contribution in [-0.2, 0) is 29.0 Å². The van der Waals surface area contributed by atoms with Crippen molar-refractivity contribution in [1.29, 1.82) is 0 Å². The molecule has 3 rings (SSSR count). The van der Waals surface area contributed by atoms with E-state index < -0.39 is 0 Å². The van der Waals surface area contributed by atoms with E-state index >= 15 is 0 Å². The lowest BCUT2D eigenvalue weighted by molar-refractivity contribution is 0.0574. The predicted molar refractivity (Wildman–Crippen MR) is 100 cm³/mol. The van der Waals surface area contributed by atoms with Crippen LogP contribution < -0.4 is 10.6 Å². The molecule has 0 spiro atoms. The van der Waals surface area contributed by atoms with Gasteiger partial charge in [0.25, 0.3) is 0 Å². The molecule has 2 N–H and O–H groups in total. The molecule has 1 atom stereocenters. The summed E-state index contributed by atoms with van der Waals surface area (Å²) in [5, 5.41) is 11.4. The first-order chi connectivity index (χ1) is 12.8. The Kier molecular flexibility index (Phi) is 7.25. The highest BCUT2D eigenvalue weighted by Gasteiger charge is 2.22. The highest BCUT2D eigenvalue weighted by molar-refractivity contribution is 5.79. The third-order valence-electron chi connectivity index (χ3n) is 5.01. The van der Waals surface area contributed by atoms with Gasteiger partial charge in [-0.05, 0) is 25.7 Å². The third kappa shape index (κ3) is 5.41. The van der Waals surface area contributed by atoms with Crippen LogP contribution in [0.5, 0.6) is 0 Å². The van der Waals surface area contributed by atoms with Crippen molar-refractivity contribution >= 4 is 5.96 Å². The minimum atomic E-state index is 0.306. The van der Waals surface area contributed by atoms with Crippen molar-refractivity contribution in [1.82, 2.24) is 25.4 Å². The van der Waals surface area contributed by atoms with Gasteiger partial charge in [0.1, 0.15) is 12.4 Å². The molecule has 1 aromatic heterocycles. The number of guanidine groups is 1. The fourth-order valence-corrected chi connectivity index (χ4v) is 3.64. The van der Waals surface area contributed by atoms with Gasteiger partial charge in [-0.25, -0.2) is 9.67 Å². The predicted octanol–water partition coefficient (Wildman–Crippen LogP) is 1.25. The maximum absolute atomic E-state index is 5.90. The van der Waals surface area contributed by atoms with Crippen molar-refractivity contribution in [3.63, 3.8) is 0 Å². The van der Waals surface area contributed by atoms with Gasteiger partial charge in [-0.3, -0.25) is 4.99 Å². The molecule has 8 nitrogen and oxygen atoms in total. The van der Waals surface area contributed by atoms with E-state index in [4.69, 9.17) is 9.47 Å². The Labute approximate surface area is 155 Å². The normalized spacial score (nSPS) is 21.0. The van der Waals surface area contributed by atoms with Crippen LogP contribution in [0.1, 0.15) is 50.2 Å². The molecule has 1 aromatic rings. The van der Waals surface area contributed by atoms with E-state index in [1.165, 1.54) is 25.7 Å². The summed E-state index contributed by atoms with van der Waals surface area (Å²) in [6.45, 7) is 2.95. The van der Waals surface area contributed by atoms with Gasteiger partial charge in [0.15, 0.2) is 11.8 Å². The molecular weight excluding hydrogens is 332 g/mol. The molecular formula is C18H32N6O2. The summed E-state index contributed by atoms with van der Waals surface area (Å²) in [6.07, 6.45) is 8.54. The van der Waals surface area contributed by atoms with Crippen LogP contribution in [0.25, 0.3) is 0 Å². The van der Waals surface area contributed by atoms with Crippen LogP contribution in [0.2, 0.25) is 0 Å². The zero-order chi connectivity index (χ0) is 18.2. The van der Waals surface area contributed by atoms with Crippen molar-refractivity contribution in [3.8, 4) is 0 Å². The molecule has 1 aliphatic carbocycles. The third-order valence-corrected chi connectivity index (χ3v) is 5.01. The van der Waals surface area contributed by atoms with Crippen molar-refractivity contribution in [2.75, 3.05) is 27.3 Å². The van der Waals surface area contributed by atoms with Crippen molar-refractivity contribution < 1.29 is 9.47 Å². The highest BCUT2D eigenvalue weighted by atomic mass is 16.5. The number of hydrogen-bond donors (Lipinski definition) is 2. The average Bonchev–Trinajstić information content (AvgIpc) is 3.29. The van der Waals surface area contributed by atoms with Gasteiger partial charge < -0.3 is 20.1 Å². The first-order valence-corrected chi connectivity index (χ1v) is 9.79. The van der Waals surface area contributed by atoms with E-state index in [1.54, 1.807) is 7.11 Å². The van der Waals surface area contributed by atoms with Gasteiger partial charge in [-0.15, -0.1) is 0 Å². The molecule has 1 unspecified atom stereocenters. The summed E-state index contributed by atoms with van der Waals surface area (Å²) in [4.78, 5) is 8.85. The molecule has 0 aromatic carbocycles. The van der Waals surface area contributed by atoms with Crippen LogP contribution >= 0.6 is 0 Å². The maximum Gasteiger partial charge on any atom is 0.191 e. The largest absolute Gasteiger partial charge is 0.378 e. The second kappa shape index (κ2) is 9.87. The Morgan fingerprint density at radius 3 is 2.92 bits per heavy atom. The number of nitrogens with zero attached hydrogens (tertiary/aromatic N) is 4. The van der Waals surface area contributed by atoms with Crippen molar-refractivity contribution in [2.45, 2.75) is 70.2 Å². The summed E-state index contributed by atoms with van der Waals surface area (Å²) in [7, 11) is 3.48. The summed E-state index contributed by atoms with van der Waals surface area (Å²) in [5.74, 6) is 2.64. The number of ether oxygens (including phenoxy) is 2. The SMILES string of the molecule is CN=C(NCCCOC1CCCC1)NC1CCc2nc(COC)nn2C1. The number of nitrogens with one attached hydrogen (secondary N) is 2. The van der Waals surface area contributed by atoms with Crippen LogP contribution in [-0.4, -0.2) is 60.2 Å². The lowest BCUT2D eigenvalue weighted by Gasteiger charge is -2.25. The molecule has 146 valence electrons. The number of rotatable bonds is 8. The number of aromatic nitrogens is 3. The summed E-state index contributed by atoms with van der Waals surface area (Å²) >= 11 is 0. The lowest BCUT2D eigenvalue weighted by Crippen LogP contribution is -2.47. The van der Waals surface area contributed by atoms with Crippen LogP contribution in [0.3, 0.4) is 0 Å². The van der Waals surface area contributed by atoms with Crippen molar-refractivity contribution in [3.05, 3.63) is 11.6 Å². The van der Waals surface area contributed by atoms with E-state index in [1.807, 2.05) is 11.7 Å². The first-order valence-electron chi connectivity index (χ1n) is 9.79. The Bertz CT molecular complexity index is 582. The zero-order valence-corrected chi connectivity index (χ0v) is 16.0. The van der Waals surface area contributed by atoms with E-state index in [2.05, 4.69) is 25.7 Å². The van der Waals surface area contributed by atoms with Gasteiger partial charge in [-0.1, -0.05) is 12.8 Å². The fourth-order valence-electron chi connectivity index (χ4n) is 3.64. The van der Waals surface area contributed by atoms with E-state index in [0.717, 1.165) is 56.6 Å². The second-order valence-electron chi connectivity index (χ2n) is 7.07. The quantitative estimate of drug-likeness (QED) is 0.410. The van der Waals surface area contributed by atoms with Gasteiger partial charge in [0.05, 0.1) is 12.6 Å². The minimum Gasteiger partial charge on any atom is -0.378 e. The molecule has 1 aliphatic heterocycles. The number of aliphatic imine (C=N–C) groups is 1. The van der Waals surface area contributed by atoms with Gasteiger partial charge in [0.2, 0.25) is 0 Å². The Balaban J connectivity index is 1.36. The van der Waals surface area contributed by atoms with Gasteiger partial charge in [0, 0.05) is 39.8 Å². The van der Waals surface area contributed by atoms with Gasteiger partial charge in [-0.2, -0.15) is 5.10 Å². The molecule has 0 radical (unpaired) electrons. The average molecular weight is 364 g/mol. The number of fused-ring (bicyclic) bond motifs is 1. The highest BCUT2D eigenvalue weighted by Crippen LogP contribution is 2.20. The zero-order valence-electron chi connectivity index (χ0n) is 16.0. The van der Waals surface area contributed by atoms with E-state index in [0.29, 0.717) is 18.8 Å². The van der Waals surface area contributed by atoms with Crippen LogP contribution in [0, 0.1) is 0 Å². The topological polar surface area (TPSA) is 85.6 Å². The minimum absolute atomic E-state index is 0.306. The molecule has 2 heterocycles. The number of hydrogen-bond acceptors (Lipinski definition) is 5. The summed E-state index contributed by atoms with van der Waals surface area (Å²) < 4.78 is 13.0. The molecule has 0 amide bonds. The first kappa shape index (κ1) is 19.1. The van der Waals surface area contributed by atoms with Crippen LogP contribution in [0.15, 0.2) is 4.99 Å². The molecule has 1 fully saturated rings. The summed E-state index contributed by atoms with van der Waals surface area (Å²) in [5.41, 5.74) is 0. The molecule has 1 saturated carbocycles. The standard InChI is InChI=1S/C18H32N6O2/c1-19-18(20-10-5-11-26-15-6-3-4-7-15)21-14-8-9-17-22-16(13-25-2)23-24(17)12-14/h14-15H,3-13H2,1-2H3,(H2,19,20,21). The van der Waals surface area contributed by atoms with E-state index in [9.17, 15) is 0 Å². The Morgan fingerprint density at radius 2 is 2.15 bits per heavy atom. The molecule has 0 bridgehead atoms. The maximum atomic E-state index is 5.90. The molecule has 26 heavy (non-hydrogen) atoms. The Hall–Kier alpha value is -1.67. The number of aryl methyl sites for hydroxylation is 1. The Morgan fingerprint density at radius 1 is 1.31 bits per heavy atom. The van der Waals surface area contributed by atoms with E-state index in [-0.39, 0.29) is 0 Å². The molecule has 8 heteroatoms. The van der Waals surface area contributed by atoms with Crippen LogP contribution in [0.4, 0.5) is 0 Å². The fraction of sp³-hybridized carbons (Fsp3) is 0.833. The monoisotopic (exact) mass is 364 g/mol. The smallest absolute Gasteiger partial charge is 0.191 e. The van der Waals surface area contributed by atoms with Crippen molar-refractivity contribution in [2.24, 2.45) is 4.99 Å². The number of methoxy groups -OCH3 is 1.